The summed E-state index contributed by atoms with van der Waals surface area (Å²) < 4.78 is 0. The molecule has 1 aromatic rings. The lowest BCUT2D eigenvalue weighted by molar-refractivity contribution is 0.0951. The fraction of sp³-hybridized carbons (Fsp3) is 0.429. The Hall–Kier alpha value is -2.24. The number of phenolic OH excluding ortho intramolecular Hbond substituents is 1. The Bertz CT molecular complexity index is 459. The Morgan fingerprint density at radius 2 is 1.70 bits per heavy atom. The lowest BCUT2D eigenvalue weighted by Gasteiger charge is -2.19. The molecule has 110 valence electrons. The Balaban J connectivity index is 2.33. The maximum Gasteiger partial charge on any atom is 0.317 e. The van der Waals surface area contributed by atoms with Crippen LogP contribution in [-0.2, 0) is 0 Å². The molecule has 0 aliphatic heterocycles. The van der Waals surface area contributed by atoms with E-state index in [-0.39, 0.29) is 23.3 Å². The summed E-state index contributed by atoms with van der Waals surface area (Å²) in [5.74, 6) is -0.419. The van der Waals surface area contributed by atoms with Crippen molar-refractivity contribution in [3.63, 3.8) is 0 Å². The van der Waals surface area contributed by atoms with Crippen LogP contribution in [0.15, 0.2) is 24.3 Å². The number of nitrogens with one attached hydrogen (secondary N) is 2. The molecule has 0 fully saturated rings. The SMILES string of the molecule is CCN(CC)C(=O)NCCNC(=O)c1ccccc1O. The summed E-state index contributed by atoms with van der Waals surface area (Å²) >= 11 is 0. The highest BCUT2D eigenvalue weighted by molar-refractivity contribution is 5.96. The first-order valence-corrected chi connectivity index (χ1v) is 6.69. The molecule has 6 nitrogen and oxygen atoms in total. The van der Waals surface area contributed by atoms with Crippen LogP contribution in [0.25, 0.3) is 0 Å². The Morgan fingerprint density at radius 3 is 2.30 bits per heavy atom. The lowest BCUT2D eigenvalue weighted by Crippen LogP contribution is -2.42. The zero-order valence-electron chi connectivity index (χ0n) is 11.8. The molecule has 3 amide bonds. The van der Waals surface area contributed by atoms with E-state index in [1.807, 2.05) is 13.8 Å². The maximum atomic E-state index is 11.8. The van der Waals surface area contributed by atoms with E-state index in [1.165, 1.54) is 6.07 Å². The highest BCUT2D eigenvalue weighted by Gasteiger charge is 2.10. The quantitative estimate of drug-likeness (QED) is 0.684. The predicted molar refractivity (Wildman–Crippen MR) is 76.8 cm³/mol. The van der Waals surface area contributed by atoms with E-state index in [0.717, 1.165) is 0 Å². The second-order valence-corrected chi connectivity index (χ2v) is 4.18. The third-order valence-corrected chi connectivity index (χ3v) is 2.89. The van der Waals surface area contributed by atoms with Crippen LogP contribution in [0.1, 0.15) is 24.2 Å². The van der Waals surface area contributed by atoms with E-state index in [2.05, 4.69) is 10.6 Å². The molecule has 20 heavy (non-hydrogen) atoms. The van der Waals surface area contributed by atoms with Crippen molar-refractivity contribution in [1.29, 1.82) is 0 Å². The van der Waals surface area contributed by atoms with Gasteiger partial charge in [0.25, 0.3) is 5.91 Å². The van der Waals surface area contributed by atoms with E-state index in [9.17, 15) is 14.7 Å². The van der Waals surface area contributed by atoms with Gasteiger partial charge in [-0.25, -0.2) is 4.79 Å². The second-order valence-electron chi connectivity index (χ2n) is 4.18. The molecule has 6 heteroatoms. The zero-order chi connectivity index (χ0) is 15.0. The molecule has 0 saturated heterocycles. The van der Waals surface area contributed by atoms with Crippen LogP contribution in [0.4, 0.5) is 4.79 Å². The molecule has 1 aromatic carbocycles. The fourth-order valence-electron chi connectivity index (χ4n) is 1.73. The number of rotatable bonds is 6. The average Bonchev–Trinajstić information content (AvgIpc) is 2.45. The van der Waals surface area contributed by atoms with E-state index in [1.54, 1.807) is 23.1 Å². The number of aromatic hydroxyl groups is 1. The van der Waals surface area contributed by atoms with Gasteiger partial charge in [0.05, 0.1) is 5.56 Å². The smallest absolute Gasteiger partial charge is 0.317 e. The minimum atomic E-state index is -0.361. The summed E-state index contributed by atoms with van der Waals surface area (Å²) in [7, 11) is 0. The van der Waals surface area contributed by atoms with Crippen molar-refractivity contribution in [2.24, 2.45) is 0 Å². The topological polar surface area (TPSA) is 81.7 Å². The summed E-state index contributed by atoms with van der Waals surface area (Å²) in [6.45, 7) is 5.75. The van der Waals surface area contributed by atoms with Crippen molar-refractivity contribution in [2.75, 3.05) is 26.2 Å². The van der Waals surface area contributed by atoms with Gasteiger partial charge < -0.3 is 20.6 Å². The van der Waals surface area contributed by atoms with Gasteiger partial charge in [-0.3, -0.25) is 4.79 Å². The van der Waals surface area contributed by atoms with Crippen LogP contribution in [0.3, 0.4) is 0 Å². The van der Waals surface area contributed by atoms with Crippen LogP contribution in [0.5, 0.6) is 5.75 Å². The molecule has 0 saturated carbocycles. The third-order valence-electron chi connectivity index (χ3n) is 2.89. The monoisotopic (exact) mass is 279 g/mol. The number of carbonyl (C=O) groups is 2. The molecule has 1 rings (SSSR count). The van der Waals surface area contributed by atoms with Crippen LogP contribution in [-0.4, -0.2) is 48.1 Å². The number of benzene rings is 1. The number of hydrogen-bond donors (Lipinski definition) is 3. The molecule has 0 atom stereocenters. The number of amides is 3. The van der Waals surface area contributed by atoms with Gasteiger partial charge in [0.2, 0.25) is 0 Å². The fourth-order valence-corrected chi connectivity index (χ4v) is 1.73. The number of nitrogens with zero attached hydrogens (tertiary/aromatic N) is 1. The molecular weight excluding hydrogens is 258 g/mol. The first kappa shape index (κ1) is 15.8. The zero-order valence-corrected chi connectivity index (χ0v) is 11.8. The molecule has 3 N–H and O–H groups in total. The summed E-state index contributed by atoms with van der Waals surface area (Å²) in [6, 6.07) is 6.18. The van der Waals surface area contributed by atoms with Crippen LogP contribution in [0, 0.1) is 0 Å². The summed E-state index contributed by atoms with van der Waals surface area (Å²) in [4.78, 5) is 25.1. The molecule has 0 radical (unpaired) electrons. The van der Waals surface area contributed by atoms with Crippen LogP contribution in [0.2, 0.25) is 0 Å². The van der Waals surface area contributed by atoms with Gasteiger partial charge in [-0.05, 0) is 26.0 Å². The minimum Gasteiger partial charge on any atom is -0.507 e. The molecule has 0 aliphatic rings. The molecule has 0 aromatic heterocycles. The average molecular weight is 279 g/mol. The number of urea groups is 1. The second kappa shape index (κ2) is 8.04. The Kier molecular flexibility index (Phi) is 6.36. The van der Waals surface area contributed by atoms with E-state index in [4.69, 9.17) is 0 Å². The predicted octanol–water partition coefficient (Wildman–Crippen LogP) is 1.17. The van der Waals surface area contributed by atoms with E-state index >= 15 is 0 Å². The summed E-state index contributed by atoms with van der Waals surface area (Å²) in [5, 5.41) is 14.9. The van der Waals surface area contributed by atoms with Crippen molar-refractivity contribution >= 4 is 11.9 Å². The summed E-state index contributed by atoms with van der Waals surface area (Å²) in [6.07, 6.45) is 0. The summed E-state index contributed by atoms with van der Waals surface area (Å²) in [5.41, 5.74) is 0.225. The molecule has 0 aliphatic carbocycles. The largest absolute Gasteiger partial charge is 0.507 e. The lowest BCUT2D eigenvalue weighted by atomic mass is 10.2. The highest BCUT2D eigenvalue weighted by atomic mass is 16.3. The molecule has 0 unspecified atom stereocenters. The van der Waals surface area contributed by atoms with Crippen LogP contribution < -0.4 is 10.6 Å². The molecular formula is C14H21N3O3. The maximum absolute atomic E-state index is 11.8. The van der Waals surface area contributed by atoms with Crippen molar-refractivity contribution in [3.05, 3.63) is 29.8 Å². The van der Waals surface area contributed by atoms with Crippen molar-refractivity contribution < 1.29 is 14.7 Å². The molecule has 0 spiro atoms. The van der Waals surface area contributed by atoms with E-state index < -0.39 is 0 Å². The van der Waals surface area contributed by atoms with Gasteiger partial charge in [0.15, 0.2) is 0 Å². The first-order chi connectivity index (χ1) is 9.60. The Labute approximate surface area is 118 Å². The van der Waals surface area contributed by atoms with Crippen LogP contribution >= 0.6 is 0 Å². The van der Waals surface area contributed by atoms with E-state index in [0.29, 0.717) is 26.2 Å². The van der Waals surface area contributed by atoms with Gasteiger partial charge in [0, 0.05) is 26.2 Å². The standard InChI is InChI=1S/C14H21N3O3/c1-3-17(4-2)14(20)16-10-9-15-13(19)11-7-5-6-8-12(11)18/h5-8,18H,3-4,9-10H2,1-2H3,(H,15,19)(H,16,20). The normalized spacial score (nSPS) is 9.90. The molecule has 0 heterocycles. The van der Waals surface area contributed by atoms with Gasteiger partial charge in [-0.1, -0.05) is 12.1 Å². The number of carbonyl (C=O) groups excluding carboxylic acids is 2. The highest BCUT2D eigenvalue weighted by Crippen LogP contribution is 2.14. The number of para-hydroxylation sites is 1. The van der Waals surface area contributed by atoms with Crippen molar-refractivity contribution in [2.45, 2.75) is 13.8 Å². The van der Waals surface area contributed by atoms with Gasteiger partial charge in [-0.2, -0.15) is 0 Å². The molecule has 0 bridgehead atoms. The minimum absolute atomic E-state index is 0.0582. The first-order valence-electron chi connectivity index (χ1n) is 6.69. The number of phenols is 1. The van der Waals surface area contributed by atoms with Crippen molar-refractivity contribution in [3.8, 4) is 5.75 Å². The van der Waals surface area contributed by atoms with Gasteiger partial charge >= 0.3 is 6.03 Å². The number of hydrogen-bond acceptors (Lipinski definition) is 3. The van der Waals surface area contributed by atoms with Crippen molar-refractivity contribution in [1.82, 2.24) is 15.5 Å². The van der Waals surface area contributed by atoms with Gasteiger partial charge in [-0.15, -0.1) is 0 Å². The third kappa shape index (κ3) is 4.46. The van der Waals surface area contributed by atoms with Gasteiger partial charge in [0.1, 0.15) is 5.75 Å². The Morgan fingerprint density at radius 1 is 1.10 bits per heavy atom.